The van der Waals surface area contributed by atoms with Crippen molar-refractivity contribution in [2.45, 2.75) is 43.7 Å². The highest BCUT2D eigenvalue weighted by Crippen LogP contribution is 2.20. The summed E-state index contributed by atoms with van der Waals surface area (Å²) >= 11 is 0. The fourth-order valence-electron chi connectivity index (χ4n) is 4.09. The van der Waals surface area contributed by atoms with Crippen molar-refractivity contribution in [1.82, 2.24) is 10.2 Å². The largest absolute Gasteiger partial charge is 0.558 e. The molecule has 33 heavy (non-hydrogen) atoms. The van der Waals surface area contributed by atoms with Gasteiger partial charge in [-0.25, -0.2) is 0 Å². The van der Waals surface area contributed by atoms with Gasteiger partial charge >= 0.3 is 6.75 Å². The second-order valence-corrected chi connectivity index (χ2v) is 8.41. The Kier molecular flexibility index (Phi) is 7.84. The van der Waals surface area contributed by atoms with E-state index in [-0.39, 0.29) is 12.3 Å². The summed E-state index contributed by atoms with van der Waals surface area (Å²) in [6, 6.07) is 16.1. The molecule has 0 saturated carbocycles. The topological polar surface area (TPSA) is 160 Å². The first-order valence-electron chi connectivity index (χ1n) is 10.9. The van der Waals surface area contributed by atoms with E-state index in [2.05, 4.69) is 5.32 Å². The van der Waals surface area contributed by atoms with E-state index in [1.54, 1.807) is 18.2 Å². The van der Waals surface area contributed by atoms with Gasteiger partial charge in [-0.05, 0) is 54.9 Å². The van der Waals surface area contributed by atoms with Gasteiger partial charge in [0.1, 0.15) is 6.04 Å². The SMILES string of the molecule is N#Cc1cccc(C[C@H](NC(=O)[C@@H]2CCCN2C(=O)[C@H](N)Cc2ccccc2)[B-](O)(O)O)c1. The highest BCUT2D eigenvalue weighted by atomic mass is 16.5. The van der Waals surface area contributed by atoms with E-state index >= 15 is 0 Å². The van der Waals surface area contributed by atoms with Crippen LogP contribution < -0.4 is 11.1 Å². The summed E-state index contributed by atoms with van der Waals surface area (Å²) in [7, 11) is 0. The van der Waals surface area contributed by atoms with Gasteiger partial charge in [-0.2, -0.15) is 5.26 Å². The number of carbonyl (C=O) groups excluding carboxylic acids is 2. The van der Waals surface area contributed by atoms with Crippen molar-refractivity contribution in [3.63, 3.8) is 0 Å². The fraction of sp³-hybridized carbons (Fsp3) is 0.348. The van der Waals surface area contributed by atoms with Crippen LogP contribution in [0.4, 0.5) is 0 Å². The Labute approximate surface area is 192 Å². The van der Waals surface area contributed by atoms with E-state index in [4.69, 9.17) is 11.0 Å². The molecule has 9 nitrogen and oxygen atoms in total. The minimum atomic E-state index is -3.91. The Morgan fingerprint density at radius 1 is 1.12 bits per heavy atom. The standard InChI is InChI=1S/C23H28BN4O5/c25-15-18-9-4-8-17(12-18)14-21(24(31,32)33)27-22(29)20-10-5-11-28(20)23(30)19(26)13-16-6-2-1-3-7-16/h1-4,6-9,12,19-21,31-33H,5,10-11,13-14,26H2,(H,27,29)/q-1/t19-,20+,21+/m1/s1. The lowest BCUT2D eigenvalue weighted by Crippen LogP contribution is -2.62. The maximum Gasteiger partial charge on any atom is 0.394 e. The molecule has 0 radical (unpaired) electrons. The van der Waals surface area contributed by atoms with Gasteiger partial charge in [0, 0.05) is 6.54 Å². The number of rotatable bonds is 8. The van der Waals surface area contributed by atoms with Crippen LogP contribution in [0.2, 0.25) is 0 Å². The zero-order valence-corrected chi connectivity index (χ0v) is 18.2. The van der Waals surface area contributed by atoms with Crippen molar-refractivity contribution in [1.29, 1.82) is 5.26 Å². The van der Waals surface area contributed by atoms with E-state index in [0.29, 0.717) is 36.9 Å². The average Bonchev–Trinajstić information content (AvgIpc) is 3.28. The maximum atomic E-state index is 13.0. The van der Waals surface area contributed by atoms with Gasteiger partial charge < -0.3 is 31.0 Å². The molecule has 1 fully saturated rings. The molecule has 1 heterocycles. The lowest BCUT2D eigenvalue weighted by Gasteiger charge is -2.35. The van der Waals surface area contributed by atoms with Crippen LogP contribution in [0.5, 0.6) is 0 Å². The summed E-state index contributed by atoms with van der Waals surface area (Å²) in [4.78, 5) is 27.4. The molecule has 6 N–H and O–H groups in total. The van der Waals surface area contributed by atoms with Crippen LogP contribution in [-0.2, 0) is 22.4 Å². The number of nitriles is 1. The summed E-state index contributed by atoms with van der Waals surface area (Å²) < 4.78 is 0. The summed E-state index contributed by atoms with van der Waals surface area (Å²) in [5, 5.41) is 41.2. The first-order chi connectivity index (χ1) is 15.7. The second-order valence-electron chi connectivity index (χ2n) is 8.41. The molecule has 3 atom stereocenters. The number of benzene rings is 2. The molecule has 0 spiro atoms. The third-order valence-electron chi connectivity index (χ3n) is 5.83. The molecular weight excluding hydrogens is 423 g/mol. The number of likely N-dealkylation sites (tertiary alicyclic amines) is 1. The van der Waals surface area contributed by atoms with Crippen molar-refractivity contribution in [3.8, 4) is 6.07 Å². The fourth-order valence-corrected chi connectivity index (χ4v) is 4.09. The van der Waals surface area contributed by atoms with Gasteiger partial charge in [0.2, 0.25) is 11.8 Å². The molecule has 0 aromatic heterocycles. The third-order valence-corrected chi connectivity index (χ3v) is 5.83. The minimum Gasteiger partial charge on any atom is -0.558 e. The third kappa shape index (κ3) is 6.40. The molecule has 2 amide bonds. The Morgan fingerprint density at radius 2 is 1.82 bits per heavy atom. The molecule has 1 saturated heterocycles. The summed E-state index contributed by atoms with van der Waals surface area (Å²) in [5.41, 5.74) is 7.93. The van der Waals surface area contributed by atoms with E-state index in [1.165, 1.54) is 11.0 Å². The number of nitrogens with one attached hydrogen (secondary N) is 1. The van der Waals surface area contributed by atoms with E-state index in [0.717, 1.165) is 5.56 Å². The van der Waals surface area contributed by atoms with Crippen LogP contribution in [0.3, 0.4) is 0 Å². The molecular formula is C23H28BN4O5-. The lowest BCUT2D eigenvalue weighted by atomic mass is 9.67. The van der Waals surface area contributed by atoms with Crippen molar-refractivity contribution in [2.75, 3.05) is 6.54 Å². The Balaban J connectivity index is 1.69. The molecule has 1 aliphatic heterocycles. The van der Waals surface area contributed by atoms with Crippen LogP contribution in [0.25, 0.3) is 0 Å². The minimum absolute atomic E-state index is 0.112. The molecule has 3 rings (SSSR count). The first-order valence-corrected chi connectivity index (χ1v) is 10.9. The van der Waals surface area contributed by atoms with E-state index in [1.807, 2.05) is 36.4 Å². The smallest absolute Gasteiger partial charge is 0.394 e. The van der Waals surface area contributed by atoms with Crippen LogP contribution in [0, 0.1) is 11.3 Å². The monoisotopic (exact) mass is 451 g/mol. The molecule has 0 unspecified atom stereocenters. The highest BCUT2D eigenvalue weighted by Gasteiger charge is 2.39. The van der Waals surface area contributed by atoms with Crippen molar-refractivity contribution >= 4 is 18.6 Å². The van der Waals surface area contributed by atoms with E-state index in [9.17, 15) is 24.7 Å². The zero-order chi connectivity index (χ0) is 24.0. The van der Waals surface area contributed by atoms with Gasteiger partial charge in [0.15, 0.2) is 0 Å². The molecule has 174 valence electrons. The molecule has 10 heteroatoms. The highest BCUT2D eigenvalue weighted by molar-refractivity contribution is 6.58. The average molecular weight is 451 g/mol. The molecule has 0 bridgehead atoms. The Morgan fingerprint density at radius 3 is 2.48 bits per heavy atom. The van der Waals surface area contributed by atoms with Crippen molar-refractivity contribution in [2.24, 2.45) is 5.73 Å². The second kappa shape index (κ2) is 10.6. The van der Waals surface area contributed by atoms with Crippen LogP contribution >= 0.6 is 0 Å². The maximum absolute atomic E-state index is 13.0. The predicted octanol–water partition coefficient (Wildman–Crippen LogP) is -0.398. The predicted molar refractivity (Wildman–Crippen MR) is 122 cm³/mol. The Hall–Kier alpha value is -3.23. The van der Waals surface area contributed by atoms with Crippen molar-refractivity contribution in [3.05, 3.63) is 71.3 Å². The summed E-state index contributed by atoms with van der Waals surface area (Å²) in [6.45, 7) is -3.55. The normalized spacial score (nSPS) is 17.8. The van der Waals surface area contributed by atoms with Crippen molar-refractivity contribution < 1.29 is 24.7 Å². The summed E-state index contributed by atoms with van der Waals surface area (Å²) in [6.07, 6.45) is 1.22. The number of hydrogen-bond acceptors (Lipinski definition) is 7. The first kappa shape index (κ1) is 24.4. The van der Waals surface area contributed by atoms with Crippen LogP contribution in [-0.4, -0.2) is 63.1 Å². The zero-order valence-electron chi connectivity index (χ0n) is 18.2. The van der Waals surface area contributed by atoms with Gasteiger partial charge in [-0.15, -0.1) is 0 Å². The molecule has 2 aromatic carbocycles. The molecule has 1 aliphatic rings. The number of carbonyl (C=O) groups is 2. The molecule has 0 aliphatic carbocycles. The lowest BCUT2D eigenvalue weighted by molar-refractivity contribution is -0.139. The number of nitrogens with two attached hydrogens (primary N) is 1. The number of hydrogen-bond donors (Lipinski definition) is 5. The van der Waals surface area contributed by atoms with Gasteiger partial charge in [-0.1, -0.05) is 42.5 Å². The van der Waals surface area contributed by atoms with Crippen LogP contribution in [0.1, 0.15) is 29.5 Å². The molecule has 2 aromatic rings. The van der Waals surface area contributed by atoms with Gasteiger partial charge in [-0.3, -0.25) is 9.59 Å². The summed E-state index contributed by atoms with van der Waals surface area (Å²) in [5.74, 6) is -2.37. The number of nitrogens with zero attached hydrogens (tertiary/aromatic N) is 2. The Bertz CT molecular complexity index is 1020. The van der Waals surface area contributed by atoms with Gasteiger partial charge in [0.05, 0.1) is 17.7 Å². The number of amides is 2. The quantitative estimate of drug-likeness (QED) is 0.342. The van der Waals surface area contributed by atoms with Gasteiger partial charge in [0.25, 0.3) is 0 Å². The van der Waals surface area contributed by atoms with E-state index < -0.39 is 30.7 Å². The van der Waals surface area contributed by atoms with Crippen LogP contribution in [0.15, 0.2) is 54.6 Å².